The first-order chi connectivity index (χ1) is 9.20. The predicted molar refractivity (Wildman–Crippen MR) is 79.5 cm³/mol. The summed E-state index contributed by atoms with van der Waals surface area (Å²) in [4.78, 5) is 0. The van der Waals surface area contributed by atoms with Gasteiger partial charge in [-0.05, 0) is 38.8 Å². The van der Waals surface area contributed by atoms with E-state index >= 15 is 0 Å². The molecule has 1 heterocycles. The van der Waals surface area contributed by atoms with Crippen molar-refractivity contribution < 1.29 is 0 Å². The van der Waals surface area contributed by atoms with Gasteiger partial charge in [0.15, 0.2) is 0 Å². The first-order valence-electron chi connectivity index (χ1n) is 6.85. The van der Waals surface area contributed by atoms with E-state index in [1.54, 1.807) is 11.3 Å². The van der Waals surface area contributed by atoms with E-state index in [2.05, 4.69) is 47.6 Å². The summed E-state index contributed by atoms with van der Waals surface area (Å²) in [5.41, 5.74) is 3.75. The monoisotopic (exact) mass is 273 g/mol. The van der Waals surface area contributed by atoms with Gasteiger partial charge in [0.05, 0.1) is 0 Å². The molecule has 1 aromatic heterocycles. The van der Waals surface area contributed by atoms with E-state index in [4.69, 9.17) is 0 Å². The van der Waals surface area contributed by atoms with Gasteiger partial charge in [0.2, 0.25) is 0 Å². The first-order valence-corrected chi connectivity index (χ1v) is 7.67. The average molecular weight is 273 g/mol. The van der Waals surface area contributed by atoms with Gasteiger partial charge in [0.25, 0.3) is 0 Å². The molecule has 0 atom stereocenters. The van der Waals surface area contributed by atoms with Gasteiger partial charge >= 0.3 is 0 Å². The van der Waals surface area contributed by atoms with E-state index in [0.29, 0.717) is 0 Å². The van der Waals surface area contributed by atoms with E-state index in [1.165, 1.54) is 29.5 Å². The number of hydrogen-bond donors (Lipinski definition) is 1. The highest BCUT2D eigenvalue weighted by atomic mass is 32.1. The third-order valence-corrected chi connectivity index (χ3v) is 4.32. The zero-order valence-corrected chi connectivity index (χ0v) is 12.3. The van der Waals surface area contributed by atoms with Crippen molar-refractivity contribution in [2.45, 2.75) is 39.2 Å². The average Bonchev–Trinajstić information content (AvgIpc) is 3.04. The van der Waals surface area contributed by atoms with Crippen LogP contribution in [0.1, 0.15) is 29.0 Å². The van der Waals surface area contributed by atoms with Crippen LogP contribution in [-0.4, -0.2) is 22.8 Å². The van der Waals surface area contributed by atoms with E-state index in [-0.39, 0.29) is 0 Å². The van der Waals surface area contributed by atoms with Crippen molar-refractivity contribution >= 4 is 11.3 Å². The molecule has 3 nitrogen and oxygen atoms in total. The Kier molecular flexibility index (Phi) is 3.62. The number of nitrogens with one attached hydrogen (secondary N) is 1. The summed E-state index contributed by atoms with van der Waals surface area (Å²) in [6.07, 6.45) is 3.66. The lowest BCUT2D eigenvalue weighted by molar-refractivity contribution is 0.677. The normalized spacial score (nSPS) is 14.8. The van der Waals surface area contributed by atoms with Gasteiger partial charge in [0.1, 0.15) is 10.0 Å². The number of nitrogens with zero attached hydrogens (tertiary/aromatic N) is 2. The minimum Gasteiger partial charge on any atom is -0.314 e. The quantitative estimate of drug-likeness (QED) is 0.909. The van der Waals surface area contributed by atoms with Gasteiger partial charge in [-0.15, -0.1) is 10.2 Å². The van der Waals surface area contributed by atoms with Crippen LogP contribution >= 0.6 is 11.3 Å². The van der Waals surface area contributed by atoms with Gasteiger partial charge in [0, 0.05) is 24.6 Å². The fourth-order valence-corrected chi connectivity index (χ4v) is 3.07. The first kappa shape index (κ1) is 12.8. The minimum atomic E-state index is 0.770. The molecule has 1 aliphatic rings. The Hall–Kier alpha value is -1.26. The summed E-state index contributed by atoms with van der Waals surface area (Å²) in [7, 11) is 0. The van der Waals surface area contributed by atoms with Crippen LogP contribution < -0.4 is 5.32 Å². The summed E-state index contributed by atoms with van der Waals surface area (Å²) in [5, 5.41) is 14.3. The lowest BCUT2D eigenvalue weighted by Crippen LogP contribution is -2.19. The third kappa shape index (κ3) is 3.39. The molecule has 1 N–H and O–H groups in total. The highest BCUT2D eigenvalue weighted by molar-refractivity contribution is 7.14. The van der Waals surface area contributed by atoms with Crippen molar-refractivity contribution in [3.8, 4) is 10.6 Å². The molecular weight excluding hydrogens is 254 g/mol. The molecule has 3 rings (SSSR count). The number of rotatable bonds is 5. The van der Waals surface area contributed by atoms with E-state index in [1.807, 2.05) is 0 Å². The Bertz CT molecular complexity index is 552. The smallest absolute Gasteiger partial charge is 0.147 e. The van der Waals surface area contributed by atoms with Crippen LogP contribution in [0.25, 0.3) is 10.6 Å². The maximum Gasteiger partial charge on any atom is 0.147 e. The molecule has 1 saturated carbocycles. The molecule has 0 aliphatic heterocycles. The highest BCUT2D eigenvalue weighted by Crippen LogP contribution is 2.26. The third-order valence-electron chi connectivity index (χ3n) is 3.28. The van der Waals surface area contributed by atoms with Crippen LogP contribution in [0.4, 0.5) is 0 Å². The Morgan fingerprint density at radius 3 is 2.58 bits per heavy atom. The van der Waals surface area contributed by atoms with Gasteiger partial charge in [-0.3, -0.25) is 0 Å². The predicted octanol–water partition coefficient (Wildman–Crippen LogP) is 3.12. The summed E-state index contributed by atoms with van der Waals surface area (Å²) >= 11 is 1.71. The summed E-state index contributed by atoms with van der Waals surface area (Å²) in [5.74, 6) is 0. The maximum absolute atomic E-state index is 4.32. The Labute approximate surface area is 118 Å². The van der Waals surface area contributed by atoms with Crippen LogP contribution in [0, 0.1) is 13.8 Å². The zero-order valence-electron chi connectivity index (χ0n) is 11.4. The fraction of sp³-hybridized carbons (Fsp3) is 0.467. The lowest BCUT2D eigenvalue weighted by Gasteiger charge is -2.00. The number of aromatic nitrogens is 2. The number of aryl methyl sites for hydroxylation is 2. The van der Waals surface area contributed by atoms with Crippen LogP contribution in [0.15, 0.2) is 18.2 Å². The highest BCUT2D eigenvalue weighted by Gasteiger charge is 2.19. The van der Waals surface area contributed by atoms with Crippen LogP contribution in [-0.2, 0) is 6.42 Å². The second-order valence-corrected chi connectivity index (χ2v) is 6.42. The maximum atomic E-state index is 4.32. The topological polar surface area (TPSA) is 37.8 Å². The van der Waals surface area contributed by atoms with Crippen molar-refractivity contribution in [3.63, 3.8) is 0 Å². The van der Waals surface area contributed by atoms with Crippen molar-refractivity contribution in [1.29, 1.82) is 0 Å². The van der Waals surface area contributed by atoms with Crippen LogP contribution in [0.5, 0.6) is 0 Å². The molecule has 0 unspecified atom stereocenters. The van der Waals surface area contributed by atoms with Crippen molar-refractivity contribution in [2.24, 2.45) is 0 Å². The molecule has 1 fully saturated rings. The Balaban J connectivity index is 1.68. The Morgan fingerprint density at radius 1 is 1.16 bits per heavy atom. The van der Waals surface area contributed by atoms with Gasteiger partial charge in [-0.1, -0.05) is 28.5 Å². The molecule has 100 valence electrons. The molecule has 1 aliphatic carbocycles. The second-order valence-electron chi connectivity index (χ2n) is 5.36. The van der Waals surface area contributed by atoms with Gasteiger partial charge < -0.3 is 5.32 Å². The fourth-order valence-electron chi connectivity index (χ4n) is 2.24. The molecule has 0 bridgehead atoms. The van der Waals surface area contributed by atoms with Crippen molar-refractivity contribution in [2.75, 3.05) is 6.54 Å². The second kappa shape index (κ2) is 5.39. The summed E-state index contributed by atoms with van der Waals surface area (Å²) < 4.78 is 0. The summed E-state index contributed by atoms with van der Waals surface area (Å²) in [6, 6.07) is 7.32. The standard InChI is InChI=1S/C15H19N3S/c1-10-7-11(2)9-12(8-10)15-18-17-14(19-15)5-6-16-13-3-4-13/h7-9,13,16H,3-6H2,1-2H3. The van der Waals surface area contributed by atoms with E-state index in [0.717, 1.165) is 29.0 Å². The molecular formula is C15H19N3S. The van der Waals surface area contributed by atoms with E-state index < -0.39 is 0 Å². The number of benzene rings is 1. The lowest BCUT2D eigenvalue weighted by atomic mass is 10.1. The summed E-state index contributed by atoms with van der Waals surface area (Å²) in [6.45, 7) is 5.27. The van der Waals surface area contributed by atoms with Gasteiger partial charge in [-0.25, -0.2) is 0 Å². The molecule has 2 aromatic rings. The molecule has 0 amide bonds. The molecule has 4 heteroatoms. The number of hydrogen-bond acceptors (Lipinski definition) is 4. The molecule has 1 aromatic carbocycles. The minimum absolute atomic E-state index is 0.770. The molecule has 0 radical (unpaired) electrons. The van der Waals surface area contributed by atoms with Gasteiger partial charge in [-0.2, -0.15) is 0 Å². The van der Waals surface area contributed by atoms with Crippen LogP contribution in [0.2, 0.25) is 0 Å². The SMILES string of the molecule is Cc1cc(C)cc(-c2nnc(CCNC3CC3)s2)c1. The molecule has 19 heavy (non-hydrogen) atoms. The molecule has 0 saturated heterocycles. The van der Waals surface area contributed by atoms with Crippen molar-refractivity contribution in [1.82, 2.24) is 15.5 Å². The largest absolute Gasteiger partial charge is 0.314 e. The van der Waals surface area contributed by atoms with Crippen LogP contribution in [0.3, 0.4) is 0 Å². The van der Waals surface area contributed by atoms with E-state index in [9.17, 15) is 0 Å². The zero-order chi connectivity index (χ0) is 13.2. The Morgan fingerprint density at radius 2 is 1.89 bits per heavy atom. The molecule has 0 spiro atoms. The van der Waals surface area contributed by atoms with Crippen molar-refractivity contribution in [3.05, 3.63) is 34.3 Å².